The number of hydrogen-bond acceptors (Lipinski definition) is 3. The van der Waals surface area contributed by atoms with Crippen molar-refractivity contribution in [2.45, 2.75) is 31.8 Å². The minimum atomic E-state index is 0.548. The molecule has 3 aliphatic heterocycles. The Balaban J connectivity index is 1.36. The van der Waals surface area contributed by atoms with Crippen LogP contribution in [-0.4, -0.2) is 40.0 Å². The van der Waals surface area contributed by atoms with Crippen molar-refractivity contribution >= 4 is 16.6 Å². The van der Waals surface area contributed by atoms with Crippen LogP contribution in [0.4, 0.5) is 5.69 Å². The highest BCUT2D eigenvalue weighted by Gasteiger charge is 2.39. The van der Waals surface area contributed by atoms with Crippen LogP contribution in [0.3, 0.4) is 0 Å². The van der Waals surface area contributed by atoms with Gasteiger partial charge in [0.05, 0.1) is 17.6 Å². The van der Waals surface area contributed by atoms with Gasteiger partial charge < -0.3 is 10.3 Å². The van der Waals surface area contributed by atoms with E-state index in [4.69, 9.17) is 4.98 Å². The first-order valence-electron chi connectivity index (χ1n) is 9.32. The van der Waals surface area contributed by atoms with Gasteiger partial charge in [-0.05, 0) is 69.1 Å². The van der Waals surface area contributed by atoms with Crippen molar-refractivity contribution in [2.75, 3.05) is 18.4 Å². The minimum Gasteiger partial charge on any atom is -0.379 e. The molecule has 2 atom stereocenters. The summed E-state index contributed by atoms with van der Waals surface area (Å²) in [5.74, 6) is 0.802. The maximum Gasteiger partial charge on any atom is 0.0703 e. The number of H-pyrrole nitrogens is 1. The molecule has 2 aromatic heterocycles. The zero-order valence-corrected chi connectivity index (χ0v) is 14.6. The fourth-order valence-corrected chi connectivity index (χ4v) is 4.60. The van der Waals surface area contributed by atoms with Gasteiger partial charge in [0.2, 0.25) is 0 Å². The molecule has 0 amide bonds. The third-order valence-corrected chi connectivity index (χ3v) is 6.12. The number of hydrogen-bond donors (Lipinski definition) is 2. The Kier molecular flexibility index (Phi) is 3.52. The fourth-order valence-electron chi connectivity index (χ4n) is 4.60. The summed E-state index contributed by atoms with van der Waals surface area (Å²) in [7, 11) is 0. The molecule has 2 N–H and O–H groups in total. The first-order valence-corrected chi connectivity index (χ1v) is 9.32. The quantitative estimate of drug-likeness (QED) is 0.758. The van der Waals surface area contributed by atoms with E-state index in [-0.39, 0.29) is 0 Å². The lowest BCUT2D eigenvalue weighted by Gasteiger charge is -2.50. The average molecular weight is 332 g/mol. The van der Waals surface area contributed by atoms with Crippen molar-refractivity contribution in [1.29, 1.82) is 0 Å². The van der Waals surface area contributed by atoms with Crippen molar-refractivity contribution in [3.63, 3.8) is 0 Å². The third kappa shape index (κ3) is 2.61. The molecule has 3 aromatic rings. The van der Waals surface area contributed by atoms with Crippen LogP contribution in [0.25, 0.3) is 22.2 Å². The normalized spacial score (nSPS) is 28.4. The Morgan fingerprint density at radius 2 is 2.00 bits per heavy atom. The second kappa shape index (κ2) is 5.88. The maximum atomic E-state index is 4.71. The smallest absolute Gasteiger partial charge is 0.0703 e. The van der Waals surface area contributed by atoms with Gasteiger partial charge in [-0.15, -0.1) is 0 Å². The third-order valence-electron chi connectivity index (χ3n) is 6.12. The molecule has 4 nitrogen and oxygen atoms in total. The second-order valence-electron chi connectivity index (χ2n) is 7.50. The van der Waals surface area contributed by atoms with Gasteiger partial charge in [0.1, 0.15) is 0 Å². The molecule has 0 aliphatic carbocycles. The minimum absolute atomic E-state index is 0.548. The molecule has 128 valence electrons. The molecule has 6 rings (SSSR count). The summed E-state index contributed by atoms with van der Waals surface area (Å²) in [6.45, 7) is 4.89. The summed E-state index contributed by atoms with van der Waals surface area (Å²) >= 11 is 0. The van der Waals surface area contributed by atoms with Gasteiger partial charge in [-0.1, -0.05) is 6.07 Å². The number of pyridine rings is 1. The molecule has 1 aromatic carbocycles. The Morgan fingerprint density at radius 1 is 1.12 bits per heavy atom. The molecule has 0 spiro atoms. The highest BCUT2D eigenvalue weighted by molar-refractivity contribution is 5.84. The van der Waals surface area contributed by atoms with Crippen molar-refractivity contribution in [3.05, 3.63) is 48.8 Å². The summed E-state index contributed by atoms with van der Waals surface area (Å²) in [6.07, 6.45) is 6.61. The van der Waals surface area contributed by atoms with E-state index in [0.717, 1.165) is 22.9 Å². The highest BCUT2D eigenvalue weighted by atomic mass is 15.2. The average Bonchev–Trinajstić information content (AvgIpc) is 3.13. The number of anilines is 1. The van der Waals surface area contributed by atoms with Crippen LogP contribution >= 0.6 is 0 Å². The zero-order valence-electron chi connectivity index (χ0n) is 14.6. The van der Waals surface area contributed by atoms with Gasteiger partial charge >= 0.3 is 0 Å². The Hall–Kier alpha value is -2.33. The first kappa shape index (κ1) is 15.0. The van der Waals surface area contributed by atoms with E-state index in [1.54, 1.807) is 0 Å². The van der Waals surface area contributed by atoms with Crippen molar-refractivity contribution in [2.24, 2.45) is 5.92 Å². The van der Waals surface area contributed by atoms with Gasteiger partial charge in [-0.3, -0.25) is 9.88 Å². The highest BCUT2D eigenvalue weighted by Crippen LogP contribution is 2.34. The maximum absolute atomic E-state index is 4.71. The van der Waals surface area contributed by atoms with Crippen LogP contribution in [0.15, 0.2) is 48.8 Å². The standard InChI is InChI=1S/C21H24N4/c1-14-21(15-7-10-25(14)11-8-15)24-18-3-5-20(23-13-18)16-2-4-19-17(12-16)6-9-22-19/h2-6,9,12-15,21-22,24H,7-8,10-11H2,1H3. The summed E-state index contributed by atoms with van der Waals surface area (Å²) in [4.78, 5) is 10.6. The summed E-state index contributed by atoms with van der Waals surface area (Å²) in [5, 5.41) is 4.98. The monoisotopic (exact) mass is 332 g/mol. The van der Waals surface area contributed by atoms with Crippen LogP contribution in [-0.2, 0) is 0 Å². The van der Waals surface area contributed by atoms with E-state index in [2.05, 4.69) is 58.5 Å². The molecule has 0 radical (unpaired) electrons. The van der Waals surface area contributed by atoms with E-state index in [9.17, 15) is 0 Å². The largest absolute Gasteiger partial charge is 0.379 e. The van der Waals surface area contributed by atoms with Gasteiger partial charge in [0, 0.05) is 34.7 Å². The molecule has 3 saturated heterocycles. The molecule has 0 saturated carbocycles. The number of nitrogens with one attached hydrogen (secondary N) is 2. The van der Waals surface area contributed by atoms with Crippen LogP contribution < -0.4 is 5.32 Å². The van der Waals surface area contributed by atoms with Gasteiger partial charge in [0.15, 0.2) is 0 Å². The number of fused-ring (bicyclic) bond motifs is 4. The van der Waals surface area contributed by atoms with E-state index in [1.165, 1.54) is 36.8 Å². The van der Waals surface area contributed by atoms with Crippen LogP contribution in [0.2, 0.25) is 0 Å². The topological polar surface area (TPSA) is 44.0 Å². The van der Waals surface area contributed by atoms with E-state index >= 15 is 0 Å². The summed E-state index contributed by atoms with van der Waals surface area (Å²) in [5.41, 5.74) is 4.49. The van der Waals surface area contributed by atoms with Gasteiger partial charge in [-0.25, -0.2) is 0 Å². The van der Waals surface area contributed by atoms with Crippen LogP contribution in [0, 0.1) is 5.92 Å². The fraction of sp³-hybridized carbons (Fsp3) is 0.381. The number of nitrogens with zero attached hydrogens (tertiary/aromatic N) is 2. The molecule has 3 aliphatic rings. The lowest BCUT2D eigenvalue weighted by Crippen LogP contribution is -2.59. The lowest BCUT2D eigenvalue weighted by molar-refractivity contribution is 0.0458. The SMILES string of the molecule is CC1C(Nc2ccc(-c3ccc4[nH]ccc4c3)nc2)C2CCN1CC2. The molecular weight excluding hydrogens is 308 g/mol. The Morgan fingerprint density at radius 3 is 2.76 bits per heavy atom. The predicted molar refractivity (Wildman–Crippen MR) is 103 cm³/mol. The molecule has 5 heterocycles. The zero-order chi connectivity index (χ0) is 16.8. The lowest BCUT2D eigenvalue weighted by atomic mass is 9.79. The molecular formula is C21H24N4. The molecule has 25 heavy (non-hydrogen) atoms. The molecule has 2 bridgehead atoms. The van der Waals surface area contributed by atoms with Crippen LogP contribution in [0.1, 0.15) is 19.8 Å². The number of piperidine rings is 3. The van der Waals surface area contributed by atoms with E-state index in [0.29, 0.717) is 12.1 Å². The Bertz CT molecular complexity index is 872. The van der Waals surface area contributed by atoms with Crippen LogP contribution in [0.5, 0.6) is 0 Å². The Labute approximate surface area is 148 Å². The van der Waals surface area contributed by atoms with Gasteiger partial charge in [-0.2, -0.15) is 0 Å². The first-order chi connectivity index (χ1) is 12.3. The molecule has 4 heteroatoms. The van der Waals surface area contributed by atoms with Crippen molar-refractivity contribution < 1.29 is 0 Å². The molecule has 3 fully saturated rings. The number of rotatable bonds is 3. The number of aromatic amines is 1. The van der Waals surface area contributed by atoms with Gasteiger partial charge in [0.25, 0.3) is 0 Å². The summed E-state index contributed by atoms with van der Waals surface area (Å²) < 4.78 is 0. The predicted octanol–water partition coefficient (Wildman–Crippen LogP) is 4.12. The number of benzene rings is 1. The number of aromatic nitrogens is 2. The second-order valence-corrected chi connectivity index (χ2v) is 7.50. The van der Waals surface area contributed by atoms with E-state index in [1.807, 2.05) is 12.4 Å². The van der Waals surface area contributed by atoms with E-state index < -0.39 is 0 Å². The van der Waals surface area contributed by atoms with Crippen molar-refractivity contribution in [3.8, 4) is 11.3 Å². The summed E-state index contributed by atoms with van der Waals surface area (Å²) in [6, 6.07) is 14.0. The van der Waals surface area contributed by atoms with Crippen molar-refractivity contribution in [1.82, 2.24) is 14.9 Å². The molecule has 2 unspecified atom stereocenters.